The molecule has 0 rings (SSSR count). The molecule has 0 bridgehead atoms. The van der Waals surface area contributed by atoms with E-state index in [2.05, 4.69) is 48.7 Å². The van der Waals surface area contributed by atoms with Gasteiger partial charge in [-0.05, 0) is 58.3 Å². The van der Waals surface area contributed by atoms with E-state index in [1.54, 1.807) is 0 Å². The van der Waals surface area contributed by atoms with Crippen molar-refractivity contribution >= 4 is 13.7 Å². The first kappa shape index (κ1) is 67.7. The number of unbranched alkanes of at least 4 members (excludes halogenated alkanes) is 35. The average Bonchev–Trinajstić information content (AvgIpc) is 3.31. The van der Waals surface area contributed by atoms with Crippen LogP contribution in [-0.2, 0) is 18.4 Å². The number of allylic oxidation sites excluding steroid dienone is 6. The van der Waals surface area contributed by atoms with Crippen LogP contribution in [0.2, 0.25) is 0 Å². The maximum absolute atomic E-state index is 13.0. The van der Waals surface area contributed by atoms with E-state index >= 15 is 0 Å². The quantitative estimate of drug-likeness (QED) is 0.0207. The smallest absolute Gasteiger partial charge is 0.390 e. The Labute approximate surface area is 428 Å². The first-order chi connectivity index (χ1) is 33.4. The molecule has 0 heterocycles. The van der Waals surface area contributed by atoms with Crippen LogP contribution in [0.25, 0.3) is 0 Å². The number of phosphoric acid groups is 1. The summed E-state index contributed by atoms with van der Waals surface area (Å²) >= 11 is 0. The van der Waals surface area contributed by atoms with Gasteiger partial charge in [-0.3, -0.25) is 13.8 Å². The molecule has 4 unspecified atom stereocenters. The molecule has 0 aromatic carbocycles. The minimum Gasteiger partial charge on any atom is -0.390 e. The van der Waals surface area contributed by atoms with E-state index in [0.29, 0.717) is 23.9 Å². The standard InChI is InChI=1S/C59H115N2O7P/c1-6-8-10-12-14-16-18-20-21-22-23-24-25-26-27-28-29-30-31-32-33-34-35-36-37-38-39-40-42-44-46-48-50-52-58(63)60-56(55-68-69(65,66)67-54-53-61(3,4)5)59(64)57(62)51-49-47-45-43-41-19-17-15-13-11-9-7-2/h7,9,15,17,43,45,56-57,59,62,64H,6,8,10-14,16,18-42,44,46-55H2,1-5H3,(H-,60,63,65,66)/p+1/b9-7+,17-15+,45-43+. The summed E-state index contributed by atoms with van der Waals surface area (Å²) in [6.07, 6.45) is 61.4. The second kappa shape index (κ2) is 50.2. The van der Waals surface area contributed by atoms with E-state index in [1.807, 2.05) is 28.1 Å². The molecule has 0 spiro atoms. The molecule has 408 valence electrons. The van der Waals surface area contributed by atoms with Gasteiger partial charge in [0.15, 0.2) is 0 Å². The Bertz CT molecular complexity index is 1240. The molecule has 0 aliphatic rings. The molecule has 0 saturated carbocycles. The van der Waals surface area contributed by atoms with Gasteiger partial charge in [0.25, 0.3) is 0 Å². The number of nitrogens with zero attached hydrogens (tertiary/aromatic N) is 1. The van der Waals surface area contributed by atoms with E-state index in [9.17, 15) is 24.5 Å². The Morgan fingerprint density at radius 2 is 0.870 bits per heavy atom. The molecule has 0 aromatic heterocycles. The zero-order chi connectivity index (χ0) is 50.8. The summed E-state index contributed by atoms with van der Waals surface area (Å²) in [6, 6.07) is -1.06. The highest BCUT2D eigenvalue weighted by Crippen LogP contribution is 2.43. The predicted molar refractivity (Wildman–Crippen MR) is 297 cm³/mol. The number of aliphatic hydroxyl groups excluding tert-OH is 2. The summed E-state index contributed by atoms with van der Waals surface area (Å²) in [7, 11) is 1.41. The summed E-state index contributed by atoms with van der Waals surface area (Å²) in [4.78, 5) is 23.3. The number of hydrogen-bond acceptors (Lipinski definition) is 6. The van der Waals surface area contributed by atoms with Gasteiger partial charge in [0.2, 0.25) is 5.91 Å². The summed E-state index contributed by atoms with van der Waals surface area (Å²) in [6.45, 7) is 4.39. The molecule has 0 aliphatic carbocycles. The zero-order valence-corrected chi connectivity index (χ0v) is 47.1. The van der Waals surface area contributed by atoms with Crippen LogP contribution in [0.3, 0.4) is 0 Å². The number of amides is 1. The van der Waals surface area contributed by atoms with Crippen molar-refractivity contribution in [2.45, 2.75) is 295 Å². The molecule has 4 atom stereocenters. The number of carbonyl (C=O) groups is 1. The van der Waals surface area contributed by atoms with Crippen LogP contribution in [-0.4, -0.2) is 84.6 Å². The molecule has 10 heteroatoms. The van der Waals surface area contributed by atoms with E-state index in [0.717, 1.165) is 51.4 Å². The molecular formula is C59H116N2O7P+. The highest BCUT2D eigenvalue weighted by atomic mass is 31.2. The van der Waals surface area contributed by atoms with Gasteiger partial charge in [-0.2, -0.15) is 0 Å². The fourth-order valence-electron chi connectivity index (χ4n) is 8.89. The lowest BCUT2D eigenvalue weighted by atomic mass is 10.0. The summed E-state index contributed by atoms with van der Waals surface area (Å²) in [5, 5.41) is 24.7. The average molecular weight is 997 g/mol. The lowest BCUT2D eigenvalue weighted by molar-refractivity contribution is -0.870. The number of aliphatic hydroxyl groups is 2. The van der Waals surface area contributed by atoms with Gasteiger partial charge in [-0.25, -0.2) is 4.57 Å². The molecule has 4 N–H and O–H groups in total. The van der Waals surface area contributed by atoms with Crippen molar-refractivity contribution in [3.8, 4) is 0 Å². The molecule has 0 aromatic rings. The SMILES string of the molecule is C/C=C/CC/C=C/CC/C=C/CCCC(O)C(O)C(COP(=O)(O)OCC[N+](C)(C)C)NC(=O)CCCCCCCCCCCCCCCCCCCCCCCCCCCCCCCCCCC. The van der Waals surface area contributed by atoms with Gasteiger partial charge in [0.1, 0.15) is 19.3 Å². The van der Waals surface area contributed by atoms with Crippen molar-refractivity contribution in [3.05, 3.63) is 36.5 Å². The second-order valence-corrected chi connectivity index (χ2v) is 23.0. The summed E-state index contributed by atoms with van der Waals surface area (Å²) < 4.78 is 23.6. The van der Waals surface area contributed by atoms with E-state index in [1.165, 1.54) is 193 Å². The van der Waals surface area contributed by atoms with Crippen LogP contribution in [0.4, 0.5) is 0 Å². The highest BCUT2D eigenvalue weighted by Gasteiger charge is 2.31. The summed E-state index contributed by atoms with van der Waals surface area (Å²) in [5.74, 6) is -0.270. The third-order valence-corrected chi connectivity index (χ3v) is 14.5. The molecule has 0 aliphatic heterocycles. The van der Waals surface area contributed by atoms with Crippen molar-refractivity contribution in [1.29, 1.82) is 0 Å². The number of rotatable bonds is 54. The van der Waals surface area contributed by atoms with Crippen LogP contribution in [0, 0.1) is 0 Å². The van der Waals surface area contributed by atoms with Gasteiger partial charge in [0.05, 0.1) is 39.9 Å². The minimum absolute atomic E-state index is 0.0135. The number of nitrogens with one attached hydrogen (secondary N) is 1. The maximum Gasteiger partial charge on any atom is 0.472 e. The summed E-state index contributed by atoms with van der Waals surface area (Å²) in [5.41, 5.74) is 0. The van der Waals surface area contributed by atoms with Gasteiger partial charge in [-0.1, -0.05) is 249 Å². The Hall–Kier alpha value is -1.32. The van der Waals surface area contributed by atoms with Crippen molar-refractivity contribution in [2.24, 2.45) is 0 Å². The van der Waals surface area contributed by atoms with Gasteiger partial charge in [0, 0.05) is 6.42 Å². The number of likely N-dealkylation sites (N-methyl/N-ethyl adjacent to an activating group) is 1. The van der Waals surface area contributed by atoms with Crippen molar-refractivity contribution in [3.63, 3.8) is 0 Å². The van der Waals surface area contributed by atoms with Crippen LogP contribution in [0.15, 0.2) is 36.5 Å². The normalized spacial score (nSPS) is 14.6. The molecule has 0 radical (unpaired) electrons. The molecule has 0 saturated heterocycles. The Kier molecular flexibility index (Phi) is 49.3. The van der Waals surface area contributed by atoms with E-state index < -0.39 is 32.7 Å². The molecule has 69 heavy (non-hydrogen) atoms. The Morgan fingerprint density at radius 1 is 0.522 bits per heavy atom. The number of carbonyl (C=O) groups excluding carboxylic acids is 1. The molecular weight excluding hydrogens is 880 g/mol. The fraction of sp³-hybridized carbons (Fsp3) is 0.881. The maximum atomic E-state index is 13.0. The first-order valence-electron chi connectivity index (χ1n) is 29.4. The van der Waals surface area contributed by atoms with Crippen molar-refractivity contribution in [2.75, 3.05) is 40.9 Å². The van der Waals surface area contributed by atoms with E-state index in [4.69, 9.17) is 9.05 Å². The molecule has 0 fully saturated rings. The topological polar surface area (TPSA) is 125 Å². The third-order valence-electron chi connectivity index (χ3n) is 13.5. The van der Waals surface area contributed by atoms with Gasteiger partial charge in [-0.15, -0.1) is 0 Å². The number of quaternary nitrogens is 1. The lowest BCUT2D eigenvalue weighted by Gasteiger charge is -2.28. The van der Waals surface area contributed by atoms with Crippen LogP contribution in [0.5, 0.6) is 0 Å². The van der Waals surface area contributed by atoms with Crippen molar-refractivity contribution in [1.82, 2.24) is 5.32 Å². The van der Waals surface area contributed by atoms with Gasteiger partial charge >= 0.3 is 7.82 Å². The van der Waals surface area contributed by atoms with Crippen LogP contribution >= 0.6 is 7.82 Å². The largest absolute Gasteiger partial charge is 0.472 e. The lowest BCUT2D eigenvalue weighted by Crippen LogP contribution is -2.51. The van der Waals surface area contributed by atoms with Crippen LogP contribution < -0.4 is 5.32 Å². The van der Waals surface area contributed by atoms with Gasteiger partial charge < -0.3 is 24.9 Å². The third kappa shape index (κ3) is 51.4. The molecule has 9 nitrogen and oxygen atoms in total. The number of phosphoric ester groups is 1. The van der Waals surface area contributed by atoms with Crippen LogP contribution in [0.1, 0.15) is 277 Å². The zero-order valence-electron chi connectivity index (χ0n) is 46.2. The Morgan fingerprint density at radius 3 is 1.23 bits per heavy atom. The fourth-order valence-corrected chi connectivity index (χ4v) is 9.63. The Balaban J connectivity index is 4.03. The number of hydrogen-bond donors (Lipinski definition) is 4. The minimum atomic E-state index is -4.43. The van der Waals surface area contributed by atoms with Crippen molar-refractivity contribution < 1.29 is 38.0 Å². The molecule has 1 amide bonds. The predicted octanol–water partition coefficient (Wildman–Crippen LogP) is 16.7. The monoisotopic (exact) mass is 996 g/mol. The van der Waals surface area contributed by atoms with E-state index in [-0.39, 0.29) is 18.9 Å². The second-order valence-electron chi connectivity index (χ2n) is 21.5. The highest BCUT2D eigenvalue weighted by molar-refractivity contribution is 7.47. The first-order valence-corrected chi connectivity index (χ1v) is 30.9.